The first kappa shape index (κ1) is 22.5. The Balaban J connectivity index is 1.73. The van der Waals surface area contributed by atoms with Gasteiger partial charge in [-0.15, -0.1) is 0 Å². The van der Waals surface area contributed by atoms with Crippen LogP contribution in [0.2, 0.25) is 0 Å². The van der Waals surface area contributed by atoms with Crippen molar-refractivity contribution in [3.05, 3.63) is 0 Å². The lowest BCUT2D eigenvalue weighted by Crippen LogP contribution is -2.35. The summed E-state index contributed by atoms with van der Waals surface area (Å²) in [5.41, 5.74) is 0. The van der Waals surface area contributed by atoms with Gasteiger partial charge in [0, 0.05) is 19.5 Å². The van der Waals surface area contributed by atoms with Crippen LogP contribution in [0.4, 0.5) is 0 Å². The van der Waals surface area contributed by atoms with Gasteiger partial charge in [-0.1, -0.05) is 96.8 Å². The van der Waals surface area contributed by atoms with E-state index in [1.807, 2.05) is 0 Å². The fourth-order valence-electron chi connectivity index (χ4n) is 3.95. The summed E-state index contributed by atoms with van der Waals surface area (Å²) in [6, 6.07) is 0. The van der Waals surface area contributed by atoms with E-state index in [1.54, 1.807) is 0 Å². The number of carbonyl (C=O) groups excluding carboxylic acids is 1. The molecule has 0 unspecified atom stereocenters. The van der Waals surface area contributed by atoms with E-state index in [0.717, 1.165) is 25.9 Å². The topological polar surface area (TPSA) is 20.3 Å². The molecule has 1 heterocycles. The lowest BCUT2D eigenvalue weighted by Gasteiger charge is -2.26. The van der Waals surface area contributed by atoms with Crippen LogP contribution in [0.25, 0.3) is 0 Å². The second-order valence-corrected chi connectivity index (χ2v) is 8.14. The van der Waals surface area contributed by atoms with E-state index in [9.17, 15) is 4.79 Å². The molecule has 0 aromatic rings. The Morgan fingerprint density at radius 3 is 1.44 bits per heavy atom. The number of hydrogen-bond acceptors (Lipinski definition) is 1. The normalized spacial score (nSPS) is 14.8. The molecule has 1 fully saturated rings. The highest BCUT2D eigenvalue weighted by atomic mass is 16.2. The number of hydrogen-bond donors (Lipinski definition) is 0. The highest BCUT2D eigenvalue weighted by molar-refractivity contribution is 5.76. The zero-order valence-electron chi connectivity index (χ0n) is 17.2. The third-order valence-corrected chi connectivity index (χ3v) is 5.70. The maximum atomic E-state index is 12.1. The fourth-order valence-corrected chi connectivity index (χ4v) is 3.95. The largest absolute Gasteiger partial charge is 0.343 e. The molecular formula is C23H45NO. The molecule has 148 valence electrons. The molecule has 0 N–H and O–H groups in total. The number of nitrogens with zero attached hydrogens (tertiary/aromatic N) is 1. The highest BCUT2D eigenvalue weighted by Crippen LogP contribution is 2.15. The summed E-state index contributed by atoms with van der Waals surface area (Å²) in [5.74, 6) is 0.411. The summed E-state index contributed by atoms with van der Waals surface area (Å²) in [5, 5.41) is 0. The quantitative estimate of drug-likeness (QED) is 0.268. The molecule has 1 aliphatic heterocycles. The molecule has 0 saturated carbocycles. The van der Waals surface area contributed by atoms with Gasteiger partial charge in [-0.3, -0.25) is 4.79 Å². The van der Waals surface area contributed by atoms with Crippen molar-refractivity contribution in [3.63, 3.8) is 0 Å². The zero-order valence-corrected chi connectivity index (χ0v) is 17.2. The number of carbonyl (C=O) groups is 1. The Kier molecular flexibility index (Phi) is 15.2. The predicted octanol–water partition coefficient (Wildman–Crippen LogP) is 7.26. The van der Waals surface area contributed by atoms with E-state index in [4.69, 9.17) is 0 Å². The molecular weight excluding hydrogens is 306 g/mol. The van der Waals surface area contributed by atoms with Crippen LogP contribution in [0, 0.1) is 0 Å². The van der Waals surface area contributed by atoms with Crippen molar-refractivity contribution in [1.29, 1.82) is 0 Å². The van der Waals surface area contributed by atoms with Crippen molar-refractivity contribution in [3.8, 4) is 0 Å². The van der Waals surface area contributed by atoms with Crippen molar-refractivity contribution in [2.24, 2.45) is 0 Å². The van der Waals surface area contributed by atoms with Gasteiger partial charge >= 0.3 is 0 Å². The van der Waals surface area contributed by atoms with E-state index >= 15 is 0 Å². The molecule has 0 spiro atoms. The van der Waals surface area contributed by atoms with Crippen LogP contribution in [0.1, 0.15) is 129 Å². The second kappa shape index (κ2) is 16.9. The van der Waals surface area contributed by atoms with Gasteiger partial charge in [0.2, 0.25) is 5.91 Å². The summed E-state index contributed by atoms with van der Waals surface area (Å²) >= 11 is 0. The second-order valence-electron chi connectivity index (χ2n) is 8.14. The number of likely N-dealkylation sites (tertiary alicyclic amines) is 1. The summed E-state index contributed by atoms with van der Waals surface area (Å²) in [6.45, 7) is 4.31. The van der Waals surface area contributed by atoms with E-state index in [2.05, 4.69) is 11.8 Å². The molecule has 0 radical (unpaired) electrons. The molecule has 1 rings (SSSR count). The first-order valence-corrected chi connectivity index (χ1v) is 11.6. The van der Waals surface area contributed by atoms with Crippen molar-refractivity contribution in [2.75, 3.05) is 13.1 Å². The van der Waals surface area contributed by atoms with E-state index in [1.165, 1.54) is 109 Å². The third kappa shape index (κ3) is 13.3. The first-order valence-electron chi connectivity index (χ1n) is 11.6. The average molecular weight is 352 g/mol. The molecule has 1 aliphatic rings. The summed E-state index contributed by atoms with van der Waals surface area (Å²) in [7, 11) is 0. The lowest BCUT2D eigenvalue weighted by molar-refractivity contribution is -0.132. The van der Waals surface area contributed by atoms with Crippen molar-refractivity contribution < 1.29 is 4.79 Å². The number of amides is 1. The van der Waals surface area contributed by atoms with Crippen molar-refractivity contribution in [2.45, 2.75) is 129 Å². The molecule has 0 aromatic carbocycles. The highest BCUT2D eigenvalue weighted by Gasteiger charge is 2.15. The number of unbranched alkanes of at least 4 members (excludes halogenated alkanes) is 14. The van der Waals surface area contributed by atoms with E-state index in [-0.39, 0.29) is 0 Å². The van der Waals surface area contributed by atoms with Crippen LogP contribution in [0.15, 0.2) is 0 Å². The first-order chi connectivity index (χ1) is 12.3. The number of rotatable bonds is 16. The van der Waals surface area contributed by atoms with Crippen LogP contribution in [-0.4, -0.2) is 23.9 Å². The molecule has 0 bridgehead atoms. The third-order valence-electron chi connectivity index (χ3n) is 5.70. The van der Waals surface area contributed by atoms with Crippen LogP contribution >= 0.6 is 0 Å². The average Bonchev–Trinajstić information content (AvgIpc) is 2.65. The molecule has 0 aliphatic carbocycles. The van der Waals surface area contributed by atoms with Crippen LogP contribution < -0.4 is 0 Å². The summed E-state index contributed by atoms with van der Waals surface area (Å²) in [4.78, 5) is 14.1. The minimum atomic E-state index is 0.411. The minimum absolute atomic E-state index is 0.411. The van der Waals surface area contributed by atoms with Gasteiger partial charge in [0.05, 0.1) is 0 Å². The Labute approximate surface area is 158 Å². The van der Waals surface area contributed by atoms with Gasteiger partial charge in [-0.2, -0.15) is 0 Å². The fraction of sp³-hybridized carbons (Fsp3) is 0.957. The Hall–Kier alpha value is -0.530. The summed E-state index contributed by atoms with van der Waals surface area (Å²) < 4.78 is 0. The van der Waals surface area contributed by atoms with Crippen LogP contribution in [0.5, 0.6) is 0 Å². The van der Waals surface area contributed by atoms with Crippen LogP contribution in [-0.2, 0) is 4.79 Å². The van der Waals surface area contributed by atoms with Gasteiger partial charge in [0.25, 0.3) is 0 Å². The van der Waals surface area contributed by atoms with Gasteiger partial charge in [0.1, 0.15) is 0 Å². The van der Waals surface area contributed by atoms with Crippen molar-refractivity contribution in [1.82, 2.24) is 4.90 Å². The molecule has 1 amide bonds. The van der Waals surface area contributed by atoms with Crippen LogP contribution in [0.3, 0.4) is 0 Å². The zero-order chi connectivity index (χ0) is 18.0. The monoisotopic (exact) mass is 351 g/mol. The summed E-state index contributed by atoms with van der Waals surface area (Å²) in [6.07, 6.45) is 25.3. The van der Waals surface area contributed by atoms with Crippen molar-refractivity contribution >= 4 is 5.91 Å². The van der Waals surface area contributed by atoms with Gasteiger partial charge < -0.3 is 4.90 Å². The maximum absolute atomic E-state index is 12.1. The molecule has 2 nitrogen and oxygen atoms in total. The Bertz CT molecular complexity index is 296. The Morgan fingerprint density at radius 1 is 0.600 bits per heavy atom. The molecule has 25 heavy (non-hydrogen) atoms. The smallest absolute Gasteiger partial charge is 0.222 e. The number of piperidine rings is 1. The van der Waals surface area contributed by atoms with E-state index in [0.29, 0.717) is 5.91 Å². The minimum Gasteiger partial charge on any atom is -0.343 e. The maximum Gasteiger partial charge on any atom is 0.222 e. The molecule has 1 saturated heterocycles. The lowest BCUT2D eigenvalue weighted by atomic mass is 10.0. The predicted molar refractivity (Wildman–Crippen MR) is 110 cm³/mol. The van der Waals surface area contributed by atoms with Gasteiger partial charge in [0.15, 0.2) is 0 Å². The standard InChI is InChI=1S/C23H45NO/c1-2-3-4-5-6-7-8-9-10-11-12-13-14-15-17-20-23(25)24-21-18-16-19-22-24/h2-22H2,1H3. The SMILES string of the molecule is CCCCCCCCCCCCCCCCCC(=O)N1CCCCC1. The Morgan fingerprint density at radius 2 is 1.00 bits per heavy atom. The van der Waals surface area contributed by atoms with Gasteiger partial charge in [-0.05, 0) is 25.7 Å². The molecule has 0 atom stereocenters. The van der Waals surface area contributed by atoms with Gasteiger partial charge in [-0.25, -0.2) is 0 Å². The molecule has 0 aromatic heterocycles. The van der Waals surface area contributed by atoms with E-state index < -0.39 is 0 Å². The molecule has 2 heteroatoms.